The van der Waals surface area contributed by atoms with Crippen LogP contribution in [0.2, 0.25) is 0 Å². The molecule has 2 aromatic rings. The molecule has 0 bridgehead atoms. The number of hydrogen-bond acceptors (Lipinski definition) is 5. The van der Waals surface area contributed by atoms with E-state index in [1.165, 1.54) is 6.20 Å². The highest BCUT2D eigenvalue weighted by molar-refractivity contribution is 5.97. The number of benzene rings is 1. The lowest BCUT2D eigenvalue weighted by atomic mass is 9.92. The molecule has 134 valence electrons. The Morgan fingerprint density at radius 2 is 1.96 bits per heavy atom. The van der Waals surface area contributed by atoms with Crippen LogP contribution in [0.5, 0.6) is 11.6 Å². The first kappa shape index (κ1) is 17.7. The Morgan fingerprint density at radius 3 is 2.62 bits per heavy atom. The van der Waals surface area contributed by atoms with Crippen molar-refractivity contribution >= 4 is 5.91 Å². The van der Waals surface area contributed by atoms with E-state index in [2.05, 4.69) is 10.3 Å². The van der Waals surface area contributed by atoms with Gasteiger partial charge in [-0.05, 0) is 43.9 Å². The molecular formula is C20H21N3O3. The molecule has 1 heterocycles. The number of rotatable bonds is 5. The average Bonchev–Trinajstić information content (AvgIpc) is 2.70. The first-order chi connectivity index (χ1) is 12.7. The number of carbonyl (C=O) groups is 1. The molecule has 0 aliphatic heterocycles. The molecule has 26 heavy (non-hydrogen) atoms. The molecule has 0 unspecified atom stereocenters. The van der Waals surface area contributed by atoms with Gasteiger partial charge in [0.05, 0.1) is 18.2 Å². The molecule has 3 rings (SSSR count). The summed E-state index contributed by atoms with van der Waals surface area (Å²) in [6.07, 6.45) is 4.98. The fourth-order valence-electron chi connectivity index (χ4n) is 3.11. The van der Waals surface area contributed by atoms with Gasteiger partial charge < -0.3 is 14.8 Å². The van der Waals surface area contributed by atoms with Crippen LogP contribution < -0.4 is 14.8 Å². The highest BCUT2D eigenvalue weighted by Crippen LogP contribution is 2.24. The molecular weight excluding hydrogens is 330 g/mol. The molecule has 1 aromatic heterocycles. The van der Waals surface area contributed by atoms with Crippen molar-refractivity contribution in [3.8, 4) is 17.7 Å². The average molecular weight is 351 g/mol. The van der Waals surface area contributed by atoms with Crippen LogP contribution in [0.4, 0.5) is 0 Å². The van der Waals surface area contributed by atoms with Gasteiger partial charge in [0.15, 0.2) is 0 Å². The zero-order valence-corrected chi connectivity index (χ0v) is 14.6. The first-order valence-electron chi connectivity index (χ1n) is 8.66. The number of nitriles is 1. The molecule has 1 fully saturated rings. The minimum Gasteiger partial charge on any atom is -0.496 e. The smallest absolute Gasteiger partial charge is 0.255 e. The number of aromatic nitrogens is 1. The lowest BCUT2D eigenvalue weighted by Gasteiger charge is -2.29. The predicted molar refractivity (Wildman–Crippen MR) is 96.1 cm³/mol. The van der Waals surface area contributed by atoms with E-state index in [1.54, 1.807) is 31.4 Å². The SMILES string of the molecule is COc1ccccc1C(=O)NC1CCC(Oc2ccc(C#N)cn2)CC1. The third-order valence-electron chi connectivity index (χ3n) is 4.51. The van der Waals surface area contributed by atoms with Crippen LogP contribution in [-0.2, 0) is 0 Å². The van der Waals surface area contributed by atoms with Crippen molar-refractivity contribution in [2.24, 2.45) is 0 Å². The molecule has 6 heteroatoms. The molecule has 0 spiro atoms. The highest BCUT2D eigenvalue weighted by Gasteiger charge is 2.25. The van der Waals surface area contributed by atoms with E-state index in [1.807, 2.05) is 18.2 Å². The standard InChI is InChI=1S/C20H21N3O3/c1-25-18-5-3-2-4-17(18)20(24)23-15-7-9-16(10-8-15)26-19-11-6-14(12-21)13-22-19/h2-6,11,13,15-16H,7-10H2,1H3,(H,23,24). The van der Waals surface area contributed by atoms with E-state index in [0.717, 1.165) is 25.7 Å². The maximum absolute atomic E-state index is 12.5. The van der Waals surface area contributed by atoms with Crippen LogP contribution >= 0.6 is 0 Å². The number of amides is 1. The summed E-state index contributed by atoms with van der Waals surface area (Å²) >= 11 is 0. The minimum absolute atomic E-state index is 0.0786. The molecule has 1 aliphatic carbocycles. The molecule has 6 nitrogen and oxygen atoms in total. The normalized spacial score (nSPS) is 19.2. The summed E-state index contributed by atoms with van der Waals surface area (Å²) in [4.78, 5) is 16.6. The molecule has 1 N–H and O–H groups in total. The Bertz CT molecular complexity index is 791. The van der Waals surface area contributed by atoms with Crippen molar-refractivity contribution in [1.29, 1.82) is 5.26 Å². The monoisotopic (exact) mass is 351 g/mol. The fourth-order valence-corrected chi connectivity index (χ4v) is 3.11. The molecule has 1 aliphatic rings. The van der Waals surface area contributed by atoms with Crippen LogP contribution in [0.3, 0.4) is 0 Å². The molecule has 1 aromatic carbocycles. The van der Waals surface area contributed by atoms with Gasteiger partial charge in [-0.15, -0.1) is 0 Å². The van der Waals surface area contributed by atoms with Gasteiger partial charge in [0.25, 0.3) is 5.91 Å². The van der Waals surface area contributed by atoms with Crippen molar-refractivity contribution < 1.29 is 14.3 Å². The lowest BCUT2D eigenvalue weighted by Crippen LogP contribution is -2.39. The van der Waals surface area contributed by atoms with E-state index < -0.39 is 0 Å². The van der Waals surface area contributed by atoms with Crippen molar-refractivity contribution in [3.05, 3.63) is 53.7 Å². The zero-order chi connectivity index (χ0) is 18.4. The summed E-state index contributed by atoms with van der Waals surface area (Å²) in [7, 11) is 1.56. The quantitative estimate of drug-likeness (QED) is 0.895. The maximum Gasteiger partial charge on any atom is 0.255 e. The second kappa shape index (κ2) is 8.34. The van der Waals surface area contributed by atoms with Crippen molar-refractivity contribution in [1.82, 2.24) is 10.3 Å². The fraction of sp³-hybridized carbons (Fsp3) is 0.350. The van der Waals surface area contributed by atoms with Crippen LogP contribution in [0.25, 0.3) is 0 Å². The zero-order valence-electron chi connectivity index (χ0n) is 14.6. The number of nitrogens with zero attached hydrogens (tertiary/aromatic N) is 2. The van der Waals surface area contributed by atoms with Gasteiger partial charge in [-0.1, -0.05) is 12.1 Å². The number of hydrogen-bond donors (Lipinski definition) is 1. The largest absolute Gasteiger partial charge is 0.496 e. The van der Waals surface area contributed by atoms with Gasteiger partial charge in [-0.3, -0.25) is 4.79 Å². The van der Waals surface area contributed by atoms with Crippen LogP contribution in [-0.4, -0.2) is 30.1 Å². The highest BCUT2D eigenvalue weighted by atomic mass is 16.5. The Hall–Kier alpha value is -3.07. The molecule has 0 radical (unpaired) electrons. The van der Waals surface area contributed by atoms with Crippen molar-refractivity contribution in [3.63, 3.8) is 0 Å². The van der Waals surface area contributed by atoms with Crippen molar-refractivity contribution in [2.75, 3.05) is 7.11 Å². The lowest BCUT2D eigenvalue weighted by molar-refractivity contribution is 0.0887. The summed E-state index contributed by atoms with van der Waals surface area (Å²) in [6.45, 7) is 0. The summed E-state index contributed by atoms with van der Waals surface area (Å²) < 4.78 is 11.1. The predicted octanol–water partition coefficient (Wildman–Crippen LogP) is 3.08. The van der Waals surface area contributed by atoms with Gasteiger partial charge in [0, 0.05) is 18.3 Å². The number of methoxy groups -OCH3 is 1. The van der Waals surface area contributed by atoms with E-state index in [9.17, 15) is 4.79 Å². The molecule has 1 saturated carbocycles. The summed E-state index contributed by atoms with van der Waals surface area (Å²) in [6, 6.07) is 12.8. The van der Waals surface area contributed by atoms with Crippen molar-refractivity contribution in [2.45, 2.75) is 37.8 Å². The second-order valence-electron chi connectivity index (χ2n) is 6.26. The van der Waals surface area contributed by atoms with E-state index in [0.29, 0.717) is 22.8 Å². The van der Waals surface area contributed by atoms with Gasteiger partial charge in [0.2, 0.25) is 5.88 Å². The third-order valence-corrected chi connectivity index (χ3v) is 4.51. The number of carbonyl (C=O) groups excluding carboxylic acids is 1. The van der Waals surface area contributed by atoms with Crippen LogP contribution in [0.1, 0.15) is 41.6 Å². The van der Waals surface area contributed by atoms with Crippen LogP contribution in [0.15, 0.2) is 42.6 Å². The minimum atomic E-state index is -0.111. The molecule has 0 atom stereocenters. The Kier molecular flexibility index (Phi) is 5.69. The topological polar surface area (TPSA) is 84.2 Å². The third kappa shape index (κ3) is 4.31. The van der Waals surface area contributed by atoms with Crippen LogP contribution in [0, 0.1) is 11.3 Å². The summed E-state index contributed by atoms with van der Waals surface area (Å²) in [5.74, 6) is 1.000. The van der Waals surface area contributed by atoms with Gasteiger partial charge in [-0.2, -0.15) is 5.26 Å². The van der Waals surface area contributed by atoms with E-state index in [4.69, 9.17) is 14.7 Å². The maximum atomic E-state index is 12.5. The number of nitrogens with one attached hydrogen (secondary N) is 1. The molecule has 1 amide bonds. The number of ether oxygens (including phenoxy) is 2. The van der Waals surface area contributed by atoms with Gasteiger partial charge >= 0.3 is 0 Å². The van der Waals surface area contributed by atoms with Gasteiger partial charge in [-0.25, -0.2) is 4.98 Å². The van der Waals surface area contributed by atoms with E-state index >= 15 is 0 Å². The summed E-state index contributed by atoms with van der Waals surface area (Å²) in [5.41, 5.74) is 1.07. The number of para-hydroxylation sites is 1. The van der Waals surface area contributed by atoms with E-state index in [-0.39, 0.29) is 18.1 Å². The Balaban J connectivity index is 1.50. The second-order valence-corrected chi connectivity index (χ2v) is 6.26. The Morgan fingerprint density at radius 1 is 1.19 bits per heavy atom. The van der Waals surface area contributed by atoms with Gasteiger partial charge in [0.1, 0.15) is 17.9 Å². The Labute approximate surface area is 152 Å². The summed E-state index contributed by atoms with van der Waals surface area (Å²) in [5, 5.41) is 11.9. The number of pyridine rings is 1. The first-order valence-corrected chi connectivity index (χ1v) is 8.66. The molecule has 0 saturated heterocycles.